The smallest absolute Gasteiger partial charge is 0.193 e. The van der Waals surface area contributed by atoms with Crippen molar-refractivity contribution < 1.29 is 4.74 Å². The number of aliphatic imine (C=N–C) groups is 1. The number of hydrogen-bond acceptors (Lipinski definition) is 3. The molecule has 2 unspecified atom stereocenters. The quantitative estimate of drug-likeness (QED) is 0.418. The summed E-state index contributed by atoms with van der Waals surface area (Å²) in [4.78, 5) is 9.67. The molecule has 132 valence electrons. The van der Waals surface area contributed by atoms with Gasteiger partial charge in [-0.25, -0.2) is 0 Å². The SMILES string of the molecule is CN=C(NCC1CCN(C2CC2)C1)N1CCC2(CCOC2)C1.I. The van der Waals surface area contributed by atoms with Gasteiger partial charge in [0.2, 0.25) is 0 Å². The normalized spacial score (nSPS) is 35.1. The lowest BCUT2D eigenvalue weighted by atomic mass is 9.87. The predicted octanol–water partition coefficient (Wildman–Crippen LogP) is 1.78. The third-order valence-electron chi connectivity index (χ3n) is 6.06. The van der Waals surface area contributed by atoms with Gasteiger partial charge in [-0.05, 0) is 44.6 Å². The van der Waals surface area contributed by atoms with Gasteiger partial charge in [-0.2, -0.15) is 0 Å². The molecule has 1 spiro atoms. The highest BCUT2D eigenvalue weighted by Gasteiger charge is 2.42. The van der Waals surface area contributed by atoms with Crippen LogP contribution in [-0.4, -0.2) is 74.8 Å². The number of hydrogen-bond donors (Lipinski definition) is 1. The van der Waals surface area contributed by atoms with E-state index < -0.39 is 0 Å². The van der Waals surface area contributed by atoms with E-state index in [2.05, 4.69) is 20.1 Å². The van der Waals surface area contributed by atoms with Gasteiger partial charge in [0.15, 0.2) is 5.96 Å². The lowest BCUT2D eigenvalue weighted by molar-refractivity contribution is 0.156. The first-order valence-electron chi connectivity index (χ1n) is 9.05. The van der Waals surface area contributed by atoms with Crippen LogP contribution in [0, 0.1) is 11.3 Å². The highest BCUT2D eigenvalue weighted by atomic mass is 127. The molecule has 3 aliphatic heterocycles. The van der Waals surface area contributed by atoms with Crippen molar-refractivity contribution in [2.24, 2.45) is 16.3 Å². The van der Waals surface area contributed by atoms with Crippen LogP contribution in [0.25, 0.3) is 0 Å². The van der Waals surface area contributed by atoms with E-state index in [1.54, 1.807) is 0 Å². The molecule has 0 radical (unpaired) electrons. The fourth-order valence-corrected chi connectivity index (χ4v) is 4.46. The minimum Gasteiger partial charge on any atom is -0.381 e. The Bertz CT molecular complexity index is 434. The Labute approximate surface area is 157 Å². The Morgan fingerprint density at radius 3 is 2.83 bits per heavy atom. The summed E-state index contributed by atoms with van der Waals surface area (Å²) >= 11 is 0. The second kappa shape index (κ2) is 7.44. The van der Waals surface area contributed by atoms with E-state index >= 15 is 0 Å². The maximum atomic E-state index is 5.63. The number of nitrogens with zero attached hydrogens (tertiary/aromatic N) is 3. The molecule has 5 nitrogen and oxygen atoms in total. The Morgan fingerprint density at radius 1 is 1.26 bits per heavy atom. The summed E-state index contributed by atoms with van der Waals surface area (Å²) in [5, 5.41) is 3.65. The van der Waals surface area contributed by atoms with E-state index in [0.29, 0.717) is 5.41 Å². The molecule has 23 heavy (non-hydrogen) atoms. The van der Waals surface area contributed by atoms with E-state index in [0.717, 1.165) is 50.8 Å². The Balaban J connectivity index is 0.00000156. The summed E-state index contributed by atoms with van der Waals surface area (Å²) in [5.74, 6) is 1.90. The largest absolute Gasteiger partial charge is 0.381 e. The minimum atomic E-state index is 0. The van der Waals surface area contributed by atoms with Crippen molar-refractivity contribution in [2.75, 3.05) is 53.0 Å². The van der Waals surface area contributed by atoms with Crippen LogP contribution in [0.3, 0.4) is 0 Å². The number of likely N-dealkylation sites (tertiary alicyclic amines) is 2. The van der Waals surface area contributed by atoms with E-state index in [1.807, 2.05) is 7.05 Å². The van der Waals surface area contributed by atoms with Crippen molar-refractivity contribution in [3.05, 3.63) is 0 Å². The second-order valence-corrected chi connectivity index (χ2v) is 7.78. The molecule has 3 heterocycles. The van der Waals surface area contributed by atoms with Crippen LogP contribution >= 0.6 is 24.0 Å². The van der Waals surface area contributed by atoms with Gasteiger partial charge < -0.3 is 19.9 Å². The van der Waals surface area contributed by atoms with Gasteiger partial charge in [0.1, 0.15) is 0 Å². The lowest BCUT2D eigenvalue weighted by Crippen LogP contribution is -2.43. The number of halogens is 1. The topological polar surface area (TPSA) is 40.1 Å². The van der Waals surface area contributed by atoms with Gasteiger partial charge in [0.25, 0.3) is 0 Å². The molecule has 6 heteroatoms. The summed E-state index contributed by atoms with van der Waals surface area (Å²) < 4.78 is 5.63. The van der Waals surface area contributed by atoms with E-state index in [9.17, 15) is 0 Å². The molecule has 2 atom stereocenters. The molecule has 0 bridgehead atoms. The molecular weight excluding hydrogens is 403 g/mol. The van der Waals surface area contributed by atoms with Crippen LogP contribution in [0.15, 0.2) is 4.99 Å². The number of rotatable bonds is 3. The fourth-order valence-electron chi connectivity index (χ4n) is 4.46. The molecule has 1 N–H and O–H groups in total. The van der Waals surface area contributed by atoms with Gasteiger partial charge in [-0.3, -0.25) is 4.99 Å². The molecule has 1 aliphatic carbocycles. The Kier molecular flexibility index (Phi) is 5.73. The van der Waals surface area contributed by atoms with Crippen molar-refractivity contribution in [2.45, 2.75) is 38.1 Å². The van der Waals surface area contributed by atoms with Gasteiger partial charge in [-0.1, -0.05) is 0 Å². The number of ether oxygens (including phenoxy) is 1. The van der Waals surface area contributed by atoms with E-state index in [1.165, 1.54) is 45.2 Å². The molecule has 4 fully saturated rings. The molecule has 0 amide bonds. The Hall–Kier alpha value is -0.0800. The van der Waals surface area contributed by atoms with Crippen LogP contribution in [0.5, 0.6) is 0 Å². The zero-order valence-electron chi connectivity index (χ0n) is 14.3. The summed E-state index contributed by atoms with van der Waals surface area (Å²) in [6, 6.07) is 0.921. The molecule has 3 saturated heterocycles. The third-order valence-corrected chi connectivity index (χ3v) is 6.06. The molecule has 0 aromatic carbocycles. The standard InChI is InChI=1S/C17H30N4O.HI/c1-18-16(21-8-5-17(12-21)6-9-22-13-17)19-10-14-4-7-20(11-14)15-2-3-15;/h14-15H,2-13H2,1H3,(H,18,19);1H. The van der Waals surface area contributed by atoms with Gasteiger partial charge >= 0.3 is 0 Å². The van der Waals surface area contributed by atoms with Crippen LogP contribution < -0.4 is 5.32 Å². The maximum Gasteiger partial charge on any atom is 0.193 e. The highest BCUT2D eigenvalue weighted by Crippen LogP contribution is 2.38. The van der Waals surface area contributed by atoms with E-state index in [4.69, 9.17) is 4.74 Å². The molecule has 1 saturated carbocycles. The fraction of sp³-hybridized carbons (Fsp3) is 0.941. The summed E-state index contributed by atoms with van der Waals surface area (Å²) in [7, 11) is 1.92. The first-order chi connectivity index (χ1) is 10.8. The van der Waals surface area contributed by atoms with Crippen molar-refractivity contribution in [3.63, 3.8) is 0 Å². The lowest BCUT2D eigenvalue weighted by Gasteiger charge is -2.25. The summed E-state index contributed by atoms with van der Waals surface area (Å²) in [6.07, 6.45) is 6.68. The van der Waals surface area contributed by atoms with E-state index in [-0.39, 0.29) is 24.0 Å². The number of guanidine groups is 1. The summed E-state index contributed by atoms with van der Waals surface area (Å²) in [5.41, 5.74) is 0.410. The monoisotopic (exact) mass is 434 g/mol. The van der Waals surface area contributed by atoms with Crippen molar-refractivity contribution in [3.8, 4) is 0 Å². The van der Waals surface area contributed by atoms with Crippen molar-refractivity contribution in [1.82, 2.24) is 15.1 Å². The molecule has 0 aromatic heterocycles. The zero-order chi connectivity index (χ0) is 15.0. The van der Waals surface area contributed by atoms with Gasteiger partial charge in [0, 0.05) is 51.3 Å². The average Bonchev–Trinajstić information content (AvgIpc) is 2.97. The van der Waals surface area contributed by atoms with Crippen molar-refractivity contribution in [1.29, 1.82) is 0 Å². The highest BCUT2D eigenvalue weighted by molar-refractivity contribution is 14.0. The van der Waals surface area contributed by atoms with Crippen molar-refractivity contribution >= 4 is 29.9 Å². The second-order valence-electron chi connectivity index (χ2n) is 7.78. The third kappa shape index (κ3) is 3.95. The van der Waals surface area contributed by atoms with Gasteiger partial charge in [-0.15, -0.1) is 24.0 Å². The predicted molar refractivity (Wildman–Crippen MR) is 104 cm³/mol. The molecule has 4 aliphatic rings. The van der Waals surface area contributed by atoms with Crippen LogP contribution in [0.4, 0.5) is 0 Å². The average molecular weight is 434 g/mol. The molecular formula is C17H31IN4O. The first-order valence-corrected chi connectivity index (χ1v) is 9.05. The minimum absolute atomic E-state index is 0. The molecule has 4 rings (SSSR count). The van der Waals surface area contributed by atoms with Crippen LogP contribution in [0.1, 0.15) is 32.1 Å². The van der Waals surface area contributed by atoms with Crippen LogP contribution in [0.2, 0.25) is 0 Å². The number of nitrogens with one attached hydrogen (secondary N) is 1. The first kappa shape index (κ1) is 17.7. The summed E-state index contributed by atoms with van der Waals surface area (Å²) in [6.45, 7) is 7.80. The zero-order valence-corrected chi connectivity index (χ0v) is 16.6. The molecule has 0 aromatic rings. The van der Waals surface area contributed by atoms with Gasteiger partial charge in [0.05, 0.1) is 6.61 Å². The maximum absolute atomic E-state index is 5.63. The Morgan fingerprint density at radius 2 is 2.13 bits per heavy atom. The van der Waals surface area contributed by atoms with Crippen LogP contribution in [-0.2, 0) is 4.74 Å².